The van der Waals surface area contributed by atoms with Crippen LogP contribution < -0.4 is 0 Å². The first-order valence-electron chi connectivity index (χ1n) is 9.67. The molecule has 0 N–H and O–H groups in total. The lowest BCUT2D eigenvalue weighted by Crippen LogP contribution is -2.39. The van der Waals surface area contributed by atoms with E-state index in [1.165, 1.54) is 16.7 Å². The molecule has 0 saturated heterocycles. The predicted octanol–water partition coefficient (Wildman–Crippen LogP) is 3.53. The van der Waals surface area contributed by atoms with E-state index in [1.54, 1.807) is 11.0 Å². The van der Waals surface area contributed by atoms with Gasteiger partial charge in [-0.2, -0.15) is 0 Å². The van der Waals surface area contributed by atoms with Crippen LogP contribution in [0.15, 0.2) is 23.2 Å². The highest BCUT2D eigenvalue weighted by molar-refractivity contribution is 5.68. The largest absolute Gasteiger partial charge is 0.444 e. The second-order valence-electron chi connectivity index (χ2n) is 8.00. The van der Waals surface area contributed by atoms with E-state index < -0.39 is 5.60 Å². The highest BCUT2D eigenvalue weighted by Gasteiger charge is 2.25. The van der Waals surface area contributed by atoms with Crippen molar-refractivity contribution in [1.29, 1.82) is 0 Å². The van der Waals surface area contributed by atoms with Gasteiger partial charge in [-0.1, -0.05) is 25.1 Å². The summed E-state index contributed by atoms with van der Waals surface area (Å²) >= 11 is 0. The van der Waals surface area contributed by atoms with E-state index in [4.69, 9.17) is 4.74 Å². The zero-order valence-electron chi connectivity index (χ0n) is 17.0. The summed E-state index contributed by atoms with van der Waals surface area (Å²) in [5.41, 5.74) is 3.26. The normalized spacial score (nSPS) is 13.9. The minimum absolute atomic E-state index is 0.248. The van der Waals surface area contributed by atoms with Crippen molar-refractivity contribution in [2.75, 3.05) is 26.2 Å². The Balaban J connectivity index is 2.01. The molecule has 1 amide bonds. The number of hydrogen-bond acceptors (Lipinski definition) is 5. The Hall–Kier alpha value is -2.17. The zero-order valence-corrected chi connectivity index (χ0v) is 17.0. The maximum absolute atomic E-state index is 12.3. The highest BCUT2D eigenvalue weighted by atomic mass is 16.6. The number of isocyanates is 1. The molecule has 0 bridgehead atoms. The molecular formula is C21H31N3O3. The Kier molecular flexibility index (Phi) is 7.57. The molecule has 0 atom stereocenters. The van der Waals surface area contributed by atoms with Gasteiger partial charge in [0, 0.05) is 26.2 Å². The van der Waals surface area contributed by atoms with E-state index in [9.17, 15) is 9.59 Å². The van der Waals surface area contributed by atoms with Crippen molar-refractivity contribution in [3.05, 3.63) is 34.9 Å². The lowest BCUT2D eigenvalue weighted by molar-refractivity contribution is 0.0224. The van der Waals surface area contributed by atoms with Gasteiger partial charge >= 0.3 is 6.09 Å². The van der Waals surface area contributed by atoms with Crippen molar-refractivity contribution in [1.82, 2.24) is 9.80 Å². The fourth-order valence-corrected chi connectivity index (χ4v) is 3.27. The van der Waals surface area contributed by atoms with Crippen LogP contribution >= 0.6 is 0 Å². The first-order valence-corrected chi connectivity index (χ1v) is 9.67. The predicted molar refractivity (Wildman–Crippen MR) is 105 cm³/mol. The summed E-state index contributed by atoms with van der Waals surface area (Å²) in [4.78, 5) is 30.3. The lowest BCUT2D eigenvalue weighted by Gasteiger charge is -2.31. The van der Waals surface area contributed by atoms with Crippen molar-refractivity contribution in [2.24, 2.45) is 4.99 Å². The molecule has 0 radical (unpaired) electrons. The Morgan fingerprint density at radius 3 is 2.74 bits per heavy atom. The molecule has 2 rings (SSSR count). The van der Waals surface area contributed by atoms with Crippen molar-refractivity contribution >= 4 is 12.2 Å². The molecule has 27 heavy (non-hydrogen) atoms. The van der Waals surface area contributed by atoms with Crippen molar-refractivity contribution in [3.8, 4) is 0 Å². The lowest BCUT2D eigenvalue weighted by atomic mass is 9.97. The standard InChI is InChI=1S/C21H31N3O3/c1-5-10-23(12-9-22-16-25)14-17-6-7-19-15-24(11-8-18(19)13-17)20(26)27-21(2,3)4/h6-7,13H,5,8-12,14-15H2,1-4H3. The van der Waals surface area contributed by atoms with E-state index >= 15 is 0 Å². The Morgan fingerprint density at radius 2 is 2.07 bits per heavy atom. The van der Waals surface area contributed by atoms with Crippen LogP contribution in [-0.4, -0.2) is 53.8 Å². The Morgan fingerprint density at radius 1 is 1.30 bits per heavy atom. The van der Waals surface area contributed by atoms with Gasteiger partial charge in [-0.25, -0.2) is 14.6 Å². The third-order valence-electron chi connectivity index (χ3n) is 4.47. The number of carbonyl (C=O) groups excluding carboxylic acids is 2. The van der Waals surface area contributed by atoms with Crippen LogP contribution in [0.2, 0.25) is 0 Å². The fraction of sp³-hybridized carbons (Fsp3) is 0.619. The molecule has 6 nitrogen and oxygen atoms in total. The quantitative estimate of drug-likeness (QED) is 0.542. The van der Waals surface area contributed by atoms with Crippen LogP contribution in [-0.2, 0) is 29.0 Å². The minimum Gasteiger partial charge on any atom is -0.444 e. The molecule has 1 aromatic rings. The summed E-state index contributed by atoms with van der Waals surface area (Å²) in [7, 11) is 0. The minimum atomic E-state index is -0.474. The Labute approximate surface area is 162 Å². The van der Waals surface area contributed by atoms with Crippen LogP contribution in [0.5, 0.6) is 0 Å². The van der Waals surface area contributed by atoms with E-state index in [0.717, 1.165) is 32.5 Å². The monoisotopic (exact) mass is 373 g/mol. The molecule has 0 saturated carbocycles. The van der Waals surface area contributed by atoms with Gasteiger partial charge in [-0.05, 0) is 56.8 Å². The molecule has 148 valence electrons. The van der Waals surface area contributed by atoms with Gasteiger partial charge in [0.15, 0.2) is 0 Å². The molecule has 0 fully saturated rings. The maximum atomic E-state index is 12.3. The van der Waals surface area contributed by atoms with Crippen molar-refractivity contribution in [3.63, 3.8) is 0 Å². The number of nitrogens with zero attached hydrogens (tertiary/aromatic N) is 3. The summed E-state index contributed by atoms with van der Waals surface area (Å²) in [6, 6.07) is 6.49. The number of hydrogen-bond donors (Lipinski definition) is 0. The maximum Gasteiger partial charge on any atom is 0.410 e. The van der Waals surface area contributed by atoms with Crippen LogP contribution in [0.25, 0.3) is 0 Å². The van der Waals surface area contributed by atoms with Crippen molar-refractivity contribution < 1.29 is 14.3 Å². The SMILES string of the molecule is CCCN(CCN=C=O)Cc1ccc2c(c1)CCN(C(=O)OC(C)(C)C)C2. The van der Waals surface area contributed by atoms with Crippen LogP contribution in [0.1, 0.15) is 50.8 Å². The van der Waals surface area contributed by atoms with Crippen LogP contribution in [0, 0.1) is 0 Å². The molecule has 1 heterocycles. The summed E-state index contributed by atoms with van der Waals surface area (Å²) < 4.78 is 5.49. The van der Waals surface area contributed by atoms with E-state index in [2.05, 4.69) is 35.0 Å². The molecule has 1 aliphatic heterocycles. The first kappa shape index (κ1) is 21.1. The van der Waals surface area contributed by atoms with Gasteiger partial charge in [-0.15, -0.1) is 0 Å². The zero-order chi connectivity index (χ0) is 19.9. The first-order chi connectivity index (χ1) is 12.8. The number of fused-ring (bicyclic) bond motifs is 1. The summed E-state index contributed by atoms with van der Waals surface area (Å²) in [6.45, 7) is 12.1. The number of rotatable bonds is 7. The highest BCUT2D eigenvalue weighted by Crippen LogP contribution is 2.23. The summed E-state index contributed by atoms with van der Waals surface area (Å²) in [5.74, 6) is 0. The van der Waals surface area contributed by atoms with E-state index in [0.29, 0.717) is 19.6 Å². The average molecular weight is 373 g/mol. The van der Waals surface area contributed by atoms with Crippen molar-refractivity contribution in [2.45, 2.75) is 59.2 Å². The van der Waals surface area contributed by atoms with Crippen LogP contribution in [0.4, 0.5) is 4.79 Å². The van der Waals surface area contributed by atoms with E-state index in [-0.39, 0.29) is 6.09 Å². The third-order valence-corrected chi connectivity index (χ3v) is 4.47. The number of carbonyl (C=O) groups is 1. The number of amides is 1. The molecular weight excluding hydrogens is 342 g/mol. The average Bonchev–Trinajstić information content (AvgIpc) is 2.60. The molecule has 1 aromatic carbocycles. The van der Waals surface area contributed by atoms with Gasteiger partial charge in [-0.3, -0.25) is 4.90 Å². The van der Waals surface area contributed by atoms with Gasteiger partial charge in [0.2, 0.25) is 6.08 Å². The third kappa shape index (κ3) is 6.81. The van der Waals surface area contributed by atoms with E-state index in [1.807, 2.05) is 20.8 Å². The second kappa shape index (κ2) is 9.67. The molecule has 0 unspecified atom stereocenters. The number of ether oxygens (including phenoxy) is 1. The number of aliphatic imine (C=N–C) groups is 1. The molecule has 0 spiro atoms. The Bertz CT molecular complexity index is 690. The molecule has 6 heteroatoms. The van der Waals surface area contributed by atoms with Gasteiger partial charge < -0.3 is 9.64 Å². The summed E-state index contributed by atoms with van der Waals surface area (Å²) in [5, 5.41) is 0. The molecule has 0 aliphatic carbocycles. The number of benzene rings is 1. The fourth-order valence-electron chi connectivity index (χ4n) is 3.27. The summed E-state index contributed by atoms with van der Waals surface area (Å²) in [6.07, 6.45) is 3.25. The smallest absolute Gasteiger partial charge is 0.410 e. The molecule has 1 aliphatic rings. The molecule has 0 aromatic heterocycles. The second-order valence-corrected chi connectivity index (χ2v) is 8.00. The van der Waals surface area contributed by atoms with Crippen LogP contribution in [0.3, 0.4) is 0 Å². The van der Waals surface area contributed by atoms with Gasteiger partial charge in [0.1, 0.15) is 5.60 Å². The van der Waals surface area contributed by atoms with Gasteiger partial charge in [0.05, 0.1) is 6.54 Å². The van der Waals surface area contributed by atoms with Gasteiger partial charge in [0.25, 0.3) is 0 Å². The topological polar surface area (TPSA) is 62.2 Å².